The Morgan fingerprint density at radius 3 is 2.36 bits per heavy atom. The molecule has 4 rings (SSSR count). The number of hydrogen-bond donors (Lipinski definition) is 4. The molecule has 0 spiro atoms. The van der Waals surface area contributed by atoms with Crippen LogP contribution < -0.4 is 20.7 Å². The van der Waals surface area contributed by atoms with E-state index in [1.165, 1.54) is 13.0 Å². The molecule has 2 amide bonds. The molecule has 1 saturated heterocycles. The van der Waals surface area contributed by atoms with E-state index in [2.05, 4.69) is 16.0 Å². The van der Waals surface area contributed by atoms with Gasteiger partial charge in [0.25, 0.3) is 5.91 Å². The summed E-state index contributed by atoms with van der Waals surface area (Å²) in [5.41, 5.74) is 2.85. The summed E-state index contributed by atoms with van der Waals surface area (Å²) in [6, 6.07) is 18.4. The first-order chi connectivity index (χ1) is 18.8. The molecular formula is C29H29ClFN5O3. The zero-order valence-electron chi connectivity index (χ0n) is 21.4. The maximum absolute atomic E-state index is 14.2. The molecule has 0 aliphatic carbocycles. The molecule has 10 heteroatoms. The lowest BCUT2D eigenvalue weighted by atomic mass is 10.0. The van der Waals surface area contributed by atoms with Crippen molar-refractivity contribution in [3.05, 3.63) is 94.6 Å². The van der Waals surface area contributed by atoms with E-state index < -0.39 is 11.7 Å². The highest BCUT2D eigenvalue weighted by Gasteiger charge is 2.23. The number of nitrogens with one attached hydrogen (secondary N) is 4. The second kappa shape index (κ2) is 13.0. The minimum atomic E-state index is -0.500. The predicted octanol–water partition coefficient (Wildman–Crippen LogP) is 4.57. The Balaban J connectivity index is 1.60. The monoisotopic (exact) mass is 549 g/mol. The van der Waals surface area contributed by atoms with Gasteiger partial charge in [0.05, 0.1) is 0 Å². The molecule has 39 heavy (non-hydrogen) atoms. The number of carbonyl (C=O) groups excluding carboxylic acids is 2. The van der Waals surface area contributed by atoms with Gasteiger partial charge in [-0.05, 0) is 59.7 Å². The van der Waals surface area contributed by atoms with Crippen LogP contribution in [-0.2, 0) is 16.1 Å². The Hall–Kier alpha value is -4.21. The van der Waals surface area contributed by atoms with E-state index in [-0.39, 0.29) is 18.2 Å². The third kappa shape index (κ3) is 7.43. The van der Waals surface area contributed by atoms with Gasteiger partial charge in [0, 0.05) is 62.1 Å². The molecule has 202 valence electrons. The Morgan fingerprint density at radius 1 is 1.05 bits per heavy atom. The number of carbonyl (C=O) groups is 2. The van der Waals surface area contributed by atoms with Crippen LogP contribution >= 0.6 is 11.6 Å². The summed E-state index contributed by atoms with van der Waals surface area (Å²) < 4.78 is 20.3. The lowest BCUT2D eigenvalue weighted by Gasteiger charge is -2.30. The van der Waals surface area contributed by atoms with Crippen LogP contribution in [-0.4, -0.2) is 49.1 Å². The highest BCUT2D eigenvalue weighted by Crippen LogP contribution is 2.27. The molecule has 8 nitrogen and oxygen atoms in total. The summed E-state index contributed by atoms with van der Waals surface area (Å²) in [6.07, 6.45) is 1.13. The zero-order valence-corrected chi connectivity index (χ0v) is 22.1. The van der Waals surface area contributed by atoms with Crippen molar-refractivity contribution in [1.82, 2.24) is 15.5 Å². The van der Waals surface area contributed by atoms with Gasteiger partial charge in [0.1, 0.15) is 17.3 Å². The molecule has 1 aliphatic heterocycles. The first kappa shape index (κ1) is 27.8. The largest absolute Gasteiger partial charge is 0.449 e. The highest BCUT2D eigenvalue weighted by molar-refractivity contribution is 6.30. The van der Waals surface area contributed by atoms with Crippen molar-refractivity contribution in [2.45, 2.75) is 13.5 Å². The van der Waals surface area contributed by atoms with Crippen molar-refractivity contribution in [2.75, 3.05) is 31.5 Å². The molecule has 0 atom stereocenters. The normalized spacial score (nSPS) is 13.8. The van der Waals surface area contributed by atoms with Crippen LogP contribution in [0, 0.1) is 11.2 Å². The summed E-state index contributed by atoms with van der Waals surface area (Å²) in [7, 11) is 0. The van der Waals surface area contributed by atoms with Gasteiger partial charge in [-0.25, -0.2) is 4.39 Å². The van der Waals surface area contributed by atoms with Gasteiger partial charge in [0.15, 0.2) is 0 Å². The summed E-state index contributed by atoms with van der Waals surface area (Å²) in [5.74, 6) is -0.750. The van der Waals surface area contributed by atoms with Gasteiger partial charge in [-0.2, -0.15) is 0 Å². The van der Waals surface area contributed by atoms with Crippen molar-refractivity contribution >= 4 is 35.3 Å². The van der Waals surface area contributed by atoms with Gasteiger partial charge >= 0.3 is 0 Å². The average Bonchev–Trinajstić information content (AvgIpc) is 2.94. The minimum Gasteiger partial charge on any atom is -0.449 e. The fourth-order valence-electron chi connectivity index (χ4n) is 4.08. The first-order valence-corrected chi connectivity index (χ1v) is 12.8. The Morgan fingerprint density at radius 2 is 1.72 bits per heavy atom. The summed E-state index contributed by atoms with van der Waals surface area (Å²) in [4.78, 5) is 26.5. The number of allylic oxidation sites excluding steroid dienone is 1. The number of halogens is 2. The van der Waals surface area contributed by atoms with Gasteiger partial charge in [-0.15, -0.1) is 0 Å². The number of rotatable bonds is 9. The van der Waals surface area contributed by atoms with Crippen LogP contribution in [0.1, 0.15) is 12.5 Å². The molecule has 3 aromatic carbocycles. The lowest BCUT2D eigenvalue weighted by Crippen LogP contribution is -2.44. The first-order valence-electron chi connectivity index (χ1n) is 12.4. The van der Waals surface area contributed by atoms with E-state index in [1.54, 1.807) is 60.7 Å². The third-order valence-electron chi connectivity index (χ3n) is 6.12. The summed E-state index contributed by atoms with van der Waals surface area (Å²) in [5, 5.41) is 17.3. The molecule has 3 aromatic rings. The topological polar surface area (TPSA) is 107 Å². The van der Waals surface area contributed by atoms with Crippen molar-refractivity contribution in [1.29, 1.82) is 5.41 Å². The molecule has 0 saturated carbocycles. The number of ether oxygens (including phenoxy) is 1. The maximum atomic E-state index is 14.2. The summed E-state index contributed by atoms with van der Waals surface area (Å²) in [6.45, 7) is 4.15. The second-order valence-electron chi connectivity index (χ2n) is 8.90. The molecule has 4 N–H and O–H groups in total. The van der Waals surface area contributed by atoms with Crippen LogP contribution in [0.4, 0.5) is 10.1 Å². The smallest absolute Gasteiger partial charge is 0.293 e. The molecule has 0 aromatic heterocycles. The van der Waals surface area contributed by atoms with Crippen LogP contribution in [0.5, 0.6) is 5.75 Å². The molecule has 0 radical (unpaired) electrons. The fourth-order valence-corrected chi connectivity index (χ4v) is 4.21. The van der Waals surface area contributed by atoms with Gasteiger partial charge in [-0.3, -0.25) is 9.59 Å². The fraction of sp³-hybridized carbons (Fsp3) is 0.207. The average molecular weight is 550 g/mol. The van der Waals surface area contributed by atoms with Crippen molar-refractivity contribution in [2.24, 2.45) is 0 Å². The van der Waals surface area contributed by atoms with E-state index in [1.807, 2.05) is 4.90 Å². The molecule has 0 unspecified atom stereocenters. The number of nitrogens with zero attached hydrogens (tertiary/aromatic N) is 1. The van der Waals surface area contributed by atoms with Crippen LogP contribution in [0.15, 0.2) is 78.2 Å². The quantitative estimate of drug-likeness (QED) is 0.178. The number of piperazine rings is 1. The van der Waals surface area contributed by atoms with E-state index >= 15 is 0 Å². The van der Waals surface area contributed by atoms with Gasteiger partial charge in [0.2, 0.25) is 11.7 Å². The second-order valence-corrected chi connectivity index (χ2v) is 9.34. The Kier molecular flexibility index (Phi) is 9.30. The molecule has 1 heterocycles. The van der Waals surface area contributed by atoms with E-state index in [9.17, 15) is 14.0 Å². The van der Waals surface area contributed by atoms with Crippen molar-refractivity contribution < 1.29 is 18.7 Å². The molecular weight excluding hydrogens is 521 g/mol. The Labute approximate surface area is 231 Å². The molecule has 0 bridgehead atoms. The highest BCUT2D eigenvalue weighted by atomic mass is 35.5. The minimum absolute atomic E-state index is 0.00558. The SMILES string of the molecule is CC(=O)NCc1cc(-c2ccc(O/C(C(=O)Nc3ccc(Cl)cc3)=C(/C=N)N3CCNCC3)cc2)ccc1F. The van der Waals surface area contributed by atoms with Crippen LogP contribution in [0.25, 0.3) is 11.1 Å². The maximum Gasteiger partial charge on any atom is 0.293 e. The number of anilines is 1. The number of hydrogen-bond acceptors (Lipinski definition) is 6. The van der Waals surface area contributed by atoms with Gasteiger partial charge in [-0.1, -0.05) is 29.8 Å². The zero-order chi connectivity index (χ0) is 27.8. The Bertz CT molecular complexity index is 1370. The lowest BCUT2D eigenvalue weighted by molar-refractivity contribution is -0.119. The van der Waals surface area contributed by atoms with Crippen molar-refractivity contribution in [3.63, 3.8) is 0 Å². The van der Waals surface area contributed by atoms with Crippen LogP contribution in [0.3, 0.4) is 0 Å². The third-order valence-corrected chi connectivity index (χ3v) is 6.37. The van der Waals surface area contributed by atoms with E-state index in [0.717, 1.165) is 30.4 Å². The van der Waals surface area contributed by atoms with E-state index in [4.69, 9.17) is 21.7 Å². The molecule has 1 fully saturated rings. The van der Waals surface area contributed by atoms with Gasteiger partial charge < -0.3 is 31.0 Å². The summed E-state index contributed by atoms with van der Waals surface area (Å²) >= 11 is 5.97. The van der Waals surface area contributed by atoms with Crippen LogP contribution in [0.2, 0.25) is 5.02 Å². The predicted molar refractivity (Wildman–Crippen MR) is 150 cm³/mol. The number of benzene rings is 3. The number of amides is 2. The van der Waals surface area contributed by atoms with Crippen molar-refractivity contribution in [3.8, 4) is 16.9 Å². The standard InChI is InChI=1S/C29H29ClFN5O3/c1-19(37)34-18-22-16-21(4-11-26(22)31)20-2-9-25(10-3-20)39-28(27(17-32)36-14-12-33-13-15-36)29(38)35-24-7-5-23(30)6-8-24/h2-11,16-17,32-33H,12-15,18H2,1H3,(H,34,37)(H,35,38)/b28-27-,32-17?. The molecule has 1 aliphatic rings. The van der Waals surface area contributed by atoms with E-state index in [0.29, 0.717) is 40.8 Å².